The van der Waals surface area contributed by atoms with E-state index in [0.717, 1.165) is 41.6 Å². The molecule has 196 valence electrons. The van der Waals surface area contributed by atoms with Crippen LogP contribution < -0.4 is 4.74 Å². The molecule has 0 saturated carbocycles. The van der Waals surface area contributed by atoms with Gasteiger partial charge in [-0.15, -0.1) is 11.3 Å². The molecule has 4 aromatic rings. The van der Waals surface area contributed by atoms with E-state index in [4.69, 9.17) is 33.9 Å². The van der Waals surface area contributed by atoms with Crippen LogP contribution >= 0.6 is 11.3 Å². The van der Waals surface area contributed by atoms with E-state index < -0.39 is 18.0 Å². The number of aliphatic hydroxyl groups excluding tert-OH is 1. The van der Waals surface area contributed by atoms with E-state index in [2.05, 4.69) is 36.9 Å². The van der Waals surface area contributed by atoms with E-state index in [1.807, 2.05) is 35.6 Å². The van der Waals surface area contributed by atoms with E-state index in [1.54, 1.807) is 6.26 Å². The number of ether oxygens (including phenoxy) is 1. The molecule has 0 bridgehead atoms. The van der Waals surface area contributed by atoms with Gasteiger partial charge < -0.3 is 24.5 Å². The summed E-state index contributed by atoms with van der Waals surface area (Å²) in [6.45, 7) is 6.25. The zero-order valence-corrected chi connectivity index (χ0v) is 21.5. The second kappa shape index (κ2) is 11.7. The van der Waals surface area contributed by atoms with Gasteiger partial charge in [0.1, 0.15) is 24.0 Å². The Labute approximate surface area is 217 Å². The maximum Gasteiger partial charge on any atom is 0.414 e. The van der Waals surface area contributed by atoms with Crippen molar-refractivity contribution in [2.45, 2.75) is 44.8 Å². The van der Waals surface area contributed by atoms with Gasteiger partial charge in [-0.1, -0.05) is 18.2 Å². The lowest BCUT2D eigenvalue weighted by Gasteiger charge is -2.38. The molecular formula is C27H30N2O7S. The van der Waals surface area contributed by atoms with Crippen LogP contribution in [-0.4, -0.2) is 69.0 Å². The number of β-amino-alcohol motifs (C(OH)–C–C–N with tert-alkyl or cyclic N) is 1. The SMILES string of the molecule is Cc1cccc2sc([C@@H]3CCN(C[C@H](O)COc4cccc5occc45)[C@@H](C)C3)nc12.O=C(O)C(=O)O. The predicted molar refractivity (Wildman–Crippen MR) is 140 cm³/mol. The van der Waals surface area contributed by atoms with Gasteiger partial charge in [-0.3, -0.25) is 4.90 Å². The van der Waals surface area contributed by atoms with Crippen LogP contribution in [0.5, 0.6) is 5.75 Å². The lowest BCUT2D eigenvalue weighted by molar-refractivity contribution is -0.159. The van der Waals surface area contributed by atoms with E-state index in [9.17, 15) is 5.11 Å². The summed E-state index contributed by atoms with van der Waals surface area (Å²) in [7, 11) is 0. The second-order valence-corrected chi connectivity index (χ2v) is 10.3. The van der Waals surface area contributed by atoms with Gasteiger partial charge in [0.2, 0.25) is 0 Å². The summed E-state index contributed by atoms with van der Waals surface area (Å²) in [4.78, 5) is 25.5. The number of benzene rings is 2. The third-order valence-electron chi connectivity index (χ3n) is 6.52. The summed E-state index contributed by atoms with van der Waals surface area (Å²) >= 11 is 1.84. The third kappa shape index (κ3) is 6.46. The number of aryl methyl sites for hydroxylation is 1. The summed E-state index contributed by atoms with van der Waals surface area (Å²) in [6, 6.07) is 14.4. The van der Waals surface area contributed by atoms with Crippen molar-refractivity contribution in [1.82, 2.24) is 9.88 Å². The first-order valence-electron chi connectivity index (χ1n) is 12.1. The van der Waals surface area contributed by atoms with Crippen molar-refractivity contribution >= 4 is 44.5 Å². The number of aliphatic carboxylic acids is 2. The average Bonchev–Trinajstić information content (AvgIpc) is 3.52. The number of likely N-dealkylation sites (tertiary alicyclic amines) is 1. The fourth-order valence-electron chi connectivity index (χ4n) is 4.60. The highest BCUT2D eigenvalue weighted by molar-refractivity contribution is 7.18. The Bertz CT molecular complexity index is 1370. The molecule has 0 amide bonds. The Morgan fingerprint density at radius 1 is 1.19 bits per heavy atom. The van der Waals surface area contributed by atoms with Crippen LogP contribution in [0.4, 0.5) is 0 Å². The number of hydrogen-bond acceptors (Lipinski definition) is 8. The zero-order chi connectivity index (χ0) is 26.5. The molecule has 2 aromatic carbocycles. The van der Waals surface area contributed by atoms with Crippen molar-refractivity contribution in [1.29, 1.82) is 0 Å². The molecule has 3 heterocycles. The molecule has 0 aliphatic carbocycles. The van der Waals surface area contributed by atoms with E-state index >= 15 is 0 Å². The molecule has 1 aliphatic rings. The van der Waals surface area contributed by atoms with Crippen LogP contribution in [-0.2, 0) is 9.59 Å². The van der Waals surface area contributed by atoms with Crippen molar-refractivity contribution in [2.24, 2.45) is 0 Å². The van der Waals surface area contributed by atoms with Crippen LogP contribution in [0.3, 0.4) is 0 Å². The van der Waals surface area contributed by atoms with E-state index in [-0.39, 0.29) is 6.61 Å². The smallest absolute Gasteiger partial charge is 0.414 e. The first kappa shape index (κ1) is 26.6. The molecule has 2 aromatic heterocycles. The van der Waals surface area contributed by atoms with E-state index in [0.29, 0.717) is 18.5 Å². The van der Waals surface area contributed by atoms with Crippen molar-refractivity contribution in [3.63, 3.8) is 0 Å². The number of piperidine rings is 1. The average molecular weight is 527 g/mol. The molecule has 10 heteroatoms. The molecule has 1 aliphatic heterocycles. The Hall–Kier alpha value is -3.47. The summed E-state index contributed by atoms with van der Waals surface area (Å²) < 4.78 is 12.6. The number of thiazole rings is 1. The molecule has 0 spiro atoms. The highest BCUT2D eigenvalue weighted by Gasteiger charge is 2.29. The van der Waals surface area contributed by atoms with Crippen molar-refractivity contribution in [2.75, 3.05) is 19.7 Å². The van der Waals surface area contributed by atoms with Crippen molar-refractivity contribution in [3.8, 4) is 5.75 Å². The minimum atomic E-state index is -1.82. The Kier molecular flexibility index (Phi) is 8.42. The van der Waals surface area contributed by atoms with Gasteiger partial charge in [-0.05, 0) is 63.1 Å². The van der Waals surface area contributed by atoms with Crippen LogP contribution in [0.1, 0.15) is 36.3 Å². The Morgan fingerprint density at radius 2 is 1.95 bits per heavy atom. The third-order valence-corrected chi connectivity index (χ3v) is 7.70. The van der Waals surface area contributed by atoms with Gasteiger partial charge in [0.25, 0.3) is 0 Å². The lowest BCUT2D eigenvalue weighted by atomic mass is 9.92. The zero-order valence-electron chi connectivity index (χ0n) is 20.7. The summed E-state index contributed by atoms with van der Waals surface area (Å²) in [5, 5.41) is 27.6. The summed E-state index contributed by atoms with van der Waals surface area (Å²) in [5.74, 6) is -2.40. The number of hydrogen-bond donors (Lipinski definition) is 3. The molecule has 1 fully saturated rings. The maximum absolute atomic E-state index is 10.6. The monoisotopic (exact) mass is 526 g/mol. The van der Waals surface area contributed by atoms with Crippen molar-refractivity contribution < 1.29 is 34.1 Å². The van der Waals surface area contributed by atoms with Crippen LogP contribution in [0, 0.1) is 6.92 Å². The number of carboxylic acids is 2. The fraction of sp³-hybridized carbons (Fsp3) is 0.370. The van der Waals surface area contributed by atoms with Crippen LogP contribution in [0.15, 0.2) is 53.1 Å². The first-order chi connectivity index (χ1) is 17.7. The number of aromatic nitrogens is 1. The molecule has 3 N–H and O–H groups in total. The fourth-order valence-corrected chi connectivity index (χ4v) is 5.79. The molecule has 0 radical (unpaired) electrons. The second-order valence-electron chi connectivity index (χ2n) is 9.20. The van der Waals surface area contributed by atoms with Crippen LogP contribution in [0.2, 0.25) is 0 Å². The normalized spacial score (nSPS) is 18.8. The van der Waals surface area contributed by atoms with Gasteiger partial charge in [0, 0.05) is 18.5 Å². The van der Waals surface area contributed by atoms with Crippen LogP contribution in [0.25, 0.3) is 21.2 Å². The number of carboxylic acid groups (broad SMARTS) is 2. The quantitative estimate of drug-likeness (QED) is 0.310. The van der Waals surface area contributed by atoms with Gasteiger partial charge in [0.05, 0.1) is 26.9 Å². The minimum absolute atomic E-state index is 0.272. The number of aliphatic hydroxyl groups is 1. The largest absolute Gasteiger partial charge is 0.490 e. The Morgan fingerprint density at radius 3 is 2.65 bits per heavy atom. The summed E-state index contributed by atoms with van der Waals surface area (Å²) in [5.41, 5.74) is 3.20. The number of nitrogens with zero attached hydrogens (tertiary/aromatic N) is 2. The summed E-state index contributed by atoms with van der Waals surface area (Å²) in [6.07, 6.45) is 3.27. The molecule has 1 saturated heterocycles. The number of carbonyl (C=O) groups is 2. The molecule has 3 atom stereocenters. The number of rotatable bonds is 6. The molecule has 37 heavy (non-hydrogen) atoms. The molecule has 9 nitrogen and oxygen atoms in total. The standard InChI is InChI=1S/C25H28N2O3S.C2H2O4/c1-16-5-3-8-23-24(16)26-25(31-23)18-9-11-27(17(2)13-18)14-19(28)15-30-22-7-4-6-21-20(22)10-12-29-21;3-1(4)2(5)6/h3-8,10,12,17-19,28H,9,11,13-15H2,1-2H3;(H,3,4)(H,5,6)/t17-,18+,19-;/m0./s1. The van der Waals surface area contributed by atoms with Gasteiger partial charge >= 0.3 is 11.9 Å². The number of para-hydroxylation sites is 1. The van der Waals surface area contributed by atoms with E-state index in [1.165, 1.54) is 15.3 Å². The first-order valence-corrected chi connectivity index (χ1v) is 12.9. The predicted octanol–water partition coefficient (Wildman–Crippen LogP) is 4.51. The molecule has 0 unspecified atom stereocenters. The highest BCUT2D eigenvalue weighted by atomic mass is 32.1. The molecular weight excluding hydrogens is 496 g/mol. The lowest BCUT2D eigenvalue weighted by Crippen LogP contribution is -2.45. The van der Waals surface area contributed by atoms with Gasteiger partial charge in [-0.25, -0.2) is 14.6 Å². The minimum Gasteiger partial charge on any atom is -0.490 e. The molecule has 5 rings (SSSR count). The maximum atomic E-state index is 10.6. The Balaban J connectivity index is 0.000000480. The topological polar surface area (TPSA) is 133 Å². The number of furan rings is 1. The van der Waals surface area contributed by atoms with Gasteiger partial charge in [-0.2, -0.15) is 0 Å². The number of fused-ring (bicyclic) bond motifs is 2. The highest BCUT2D eigenvalue weighted by Crippen LogP contribution is 2.36. The van der Waals surface area contributed by atoms with Gasteiger partial charge in [0.15, 0.2) is 0 Å². The van der Waals surface area contributed by atoms with Crippen molar-refractivity contribution in [3.05, 3.63) is 59.3 Å².